The molecular formula is C9H14BrN3O. The molecule has 1 N–H and O–H groups in total. The predicted molar refractivity (Wildman–Crippen MR) is 57.9 cm³/mol. The van der Waals surface area contributed by atoms with E-state index in [0.717, 1.165) is 10.9 Å². The number of hydrogen-bond acceptors (Lipinski definition) is 2. The highest BCUT2D eigenvalue weighted by atomic mass is 79.9. The maximum Gasteiger partial charge on any atom is 0.244 e. The molecule has 0 bridgehead atoms. The van der Waals surface area contributed by atoms with Crippen LogP contribution in [0.15, 0.2) is 16.9 Å². The van der Waals surface area contributed by atoms with Gasteiger partial charge in [0.1, 0.15) is 6.04 Å². The fourth-order valence-electron chi connectivity index (χ4n) is 1.04. The van der Waals surface area contributed by atoms with E-state index in [1.165, 1.54) is 0 Å². The molecule has 0 aliphatic rings. The second-order valence-electron chi connectivity index (χ2n) is 3.11. The van der Waals surface area contributed by atoms with E-state index in [1.54, 1.807) is 17.1 Å². The summed E-state index contributed by atoms with van der Waals surface area (Å²) in [6.45, 7) is 4.56. The van der Waals surface area contributed by atoms with Crippen LogP contribution in [0.1, 0.15) is 26.3 Å². The van der Waals surface area contributed by atoms with Crippen molar-refractivity contribution in [1.29, 1.82) is 0 Å². The smallest absolute Gasteiger partial charge is 0.244 e. The predicted octanol–water partition coefficient (Wildman–Crippen LogP) is 1.73. The van der Waals surface area contributed by atoms with Gasteiger partial charge in [0.25, 0.3) is 0 Å². The summed E-state index contributed by atoms with van der Waals surface area (Å²) in [4.78, 5) is 11.5. The molecule has 0 radical (unpaired) electrons. The van der Waals surface area contributed by atoms with E-state index in [2.05, 4.69) is 26.3 Å². The standard InChI is InChI=1S/C9H14BrN3O/c1-3-4-11-9(14)7(2)13-6-8(10)5-12-13/h5-7H,3-4H2,1-2H3,(H,11,14)/t7-/m0/s1. The van der Waals surface area contributed by atoms with Gasteiger partial charge in [-0.1, -0.05) is 6.92 Å². The Balaban J connectivity index is 2.56. The van der Waals surface area contributed by atoms with E-state index in [9.17, 15) is 4.79 Å². The number of carbonyl (C=O) groups is 1. The Labute approximate surface area is 91.8 Å². The SMILES string of the molecule is CCCNC(=O)[C@H](C)n1cc(Br)cn1. The lowest BCUT2D eigenvalue weighted by molar-refractivity contribution is -0.124. The molecule has 1 atom stereocenters. The summed E-state index contributed by atoms with van der Waals surface area (Å²) >= 11 is 3.29. The third-order valence-corrected chi connectivity index (χ3v) is 2.30. The summed E-state index contributed by atoms with van der Waals surface area (Å²) in [7, 11) is 0. The monoisotopic (exact) mass is 259 g/mol. The molecule has 1 aromatic heterocycles. The van der Waals surface area contributed by atoms with Crippen LogP contribution in [0.5, 0.6) is 0 Å². The van der Waals surface area contributed by atoms with Crippen molar-refractivity contribution in [2.24, 2.45) is 0 Å². The average molecular weight is 260 g/mol. The zero-order chi connectivity index (χ0) is 10.6. The number of carbonyl (C=O) groups excluding carboxylic acids is 1. The molecule has 0 unspecified atom stereocenters. The summed E-state index contributed by atoms with van der Waals surface area (Å²) < 4.78 is 2.52. The molecule has 5 heteroatoms. The van der Waals surface area contributed by atoms with Gasteiger partial charge in [-0.05, 0) is 29.3 Å². The molecule has 14 heavy (non-hydrogen) atoms. The van der Waals surface area contributed by atoms with Gasteiger partial charge in [0.05, 0.1) is 10.7 Å². The van der Waals surface area contributed by atoms with E-state index in [0.29, 0.717) is 6.54 Å². The van der Waals surface area contributed by atoms with Gasteiger partial charge in [0, 0.05) is 12.7 Å². The molecule has 78 valence electrons. The van der Waals surface area contributed by atoms with E-state index in [1.807, 2.05) is 13.8 Å². The molecule has 0 spiro atoms. The molecular weight excluding hydrogens is 246 g/mol. The van der Waals surface area contributed by atoms with Gasteiger partial charge in [-0.25, -0.2) is 0 Å². The number of hydrogen-bond donors (Lipinski definition) is 1. The van der Waals surface area contributed by atoms with E-state index >= 15 is 0 Å². The van der Waals surface area contributed by atoms with Crippen LogP contribution in [0.4, 0.5) is 0 Å². The molecule has 4 nitrogen and oxygen atoms in total. The first-order valence-corrected chi connectivity index (χ1v) is 5.41. The van der Waals surface area contributed by atoms with Crippen LogP contribution in [-0.2, 0) is 4.79 Å². The lowest BCUT2D eigenvalue weighted by atomic mass is 10.3. The third-order valence-electron chi connectivity index (χ3n) is 1.90. The van der Waals surface area contributed by atoms with Crippen molar-refractivity contribution >= 4 is 21.8 Å². The zero-order valence-electron chi connectivity index (χ0n) is 8.33. The summed E-state index contributed by atoms with van der Waals surface area (Å²) in [5, 5.41) is 6.88. The summed E-state index contributed by atoms with van der Waals surface area (Å²) in [5.74, 6) is 0.00227. The second-order valence-corrected chi connectivity index (χ2v) is 4.02. The van der Waals surface area contributed by atoms with Crippen LogP contribution >= 0.6 is 15.9 Å². The zero-order valence-corrected chi connectivity index (χ0v) is 9.91. The average Bonchev–Trinajstić information content (AvgIpc) is 2.60. The van der Waals surface area contributed by atoms with Gasteiger partial charge in [0.15, 0.2) is 0 Å². The number of nitrogens with zero attached hydrogens (tertiary/aromatic N) is 2. The first kappa shape index (κ1) is 11.2. The van der Waals surface area contributed by atoms with E-state index in [-0.39, 0.29) is 11.9 Å². The van der Waals surface area contributed by atoms with Crippen molar-refractivity contribution < 1.29 is 4.79 Å². The van der Waals surface area contributed by atoms with Crippen LogP contribution in [-0.4, -0.2) is 22.2 Å². The number of rotatable bonds is 4. The summed E-state index contributed by atoms with van der Waals surface area (Å²) in [6, 6.07) is -0.257. The van der Waals surface area contributed by atoms with Crippen LogP contribution in [0.25, 0.3) is 0 Å². The Morgan fingerprint density at radius 1 is 1.79 bits per heavy atom. The number of amides is 1. The second kappa shape index (κ2) is 5.14. The maximum atomic E-state index is 11.5. The number of nitrogens with one attached hydrogen (secondary N) is 1. The Hall–Kier alpha value is -0.840. The van der Waals surface area contributed by atoms with Crippen LogP contribution in [0, 0.1) is 0 Å². The van der Waals surface area contributed by atoms with Gasteiger partial charge in [0.2, 0.25) is 5.91 Å². The van der Waals surface area contributed by atoms with Gasteiger partial charge in [-0.15, -0.1) is 0 Å². The maximum absolute atomic E-state index is 11.5. The molecule has 0 saturated carbocycles. The third kappa shape index (κ3) is 2.83. The lowest BCUT2D eigenvalue weighted by Crippen LogP contribution is -2.31. The van der Waals surface area contributed by atoms with E-state index < -0.39 is 0 Å². The molecule has 0 fully saturated rings. The topological polar surface area (TPSA) is 46.9 Å². The lowest BCUT2D eigenvalue weighted by Gasteiger charge is -2.11. The van der Waals surface area contributed by atoms with Crippen LogP contribution in [0.3, 0.4) is 0 Å². The fraction of sp³-hybridized carbons (Fsp3) is 0.556. The summed E-state index contributed by atoms with van der Waals surface area (Å²) in [6.07, 6.45) is 4.40. The van der Waals surface area contributed by atoms with E-state index in [4.69, 9.17) is 0 Å². The highest BCUT2D eigenvalue weighted by molar-refractivity contribution is 9.10. The minimum Gasteiger partial charge on any atom is -0.354 e. The first-order chi connectivity index (χ1) is 6.65. The highest BCUT2D eigenvalue weighted by Gasteiger charge is 2.14. The van der Waals surface area contributed by atoms with Crippen molar-refractivity contribution in [3.63, 3.8) is 0 Å². The molecule has 0 aliphatic carbocycles. The van der Waals surface area contributed by atoms with Crippen LogP contribution in [0.2, 0.25) is 0 Å². The van der Waals surface area contributed by atoms with Gasteiger partial charge >= 0.3 is 0 Å². The molecule has 0 aromatic carbocycles. The molecule has 1 heterocycles. The van der Waals surface area contributed by atoms with Crippen molar-refractivity contribution in [1.82, 2.24) is 15.1 Å². The van der Waals surface area contributed by atoms with Gasteiger partial charge < -0.3 is 5.32 Å². The normalized spacial score (nSPS) is 12.5. The van der Waals surface area contributed by atoms with Crippen molar-refractivity contribution in [2.75, 3.05) is 6.54 Å². The highest BCUT2D eigenvalue weighted by Crippen LogP contribution is 2.11. The van der Waals surface area contributed by atoms with Crippen LogP contribution < -0.4 is 5.32 Å². The largest absolute Gasteiger partial charge is 0.354 e. The summed E-state index contributed by atoms with van der Waals surface area (Å²) in [5.41, 5.74) is 0. The quantitative estimate of drug-likeness (QED) is 0.896. The minimum absolute atomic E-state index is 0.00227. The Morgan fingerprint density at radius 3 is 3.00 bits per heavy atom. The molecule has 0 aliphatic heterocycles. The van der Waals surface area contributed by atoms with Gasteiger partial charge in [-0.3, -0.25) is 9.48 Å². The molecule has 1 aromatic rings. The Bertz CT molecular complexity index is 311. The molecule has 1 rings (SSSR count). The van der Waals surface area contributed by atoms with Crippen molar-refractivity contribution in [3.8, 4) is 0 Å². The molecule has 1 amide bonds. The number of halogens is 1. The number of aromatic nitrogens is 2. The van der Waals surface area contributed by atoms with Crippen molar-refractivity contribution in [2.45, 2.75) is 26.3 Å². The van der Waals surface area contributed by atoms with Crippen molar-refractivity contribution in [3.05, 3.63) is 16.9 Å². The Morgan fingerprint density at radius 2 is 2.50 bits per heavy atom. The van der Waals surface area contributed by atoms with Gasteiger partial charge in [-0.2, -0.15) is 5.10 Å². The minimum atomic E-state index is -0.257. The fourth-order valence-corrected chi connectivity index (χ4v) is 1.34. The Kier molecular flexibility index (Phi) is 4.13. The molecule has 0 saturated heterocycles. The first-order valence-electron chi connectivity index (χ1n) is 4.62.